The Bertz CT molecular complexity index is 58.6. The van der Waals surface area contributed by atoms with Gasteiger partial charge >= 0.3 is 0 Å². The summed E-state index contributed by atoms with van der Waals surface area (Å²) in [5.74, 6) is 0. The number of rotatable bonds is 2. The van der Waals surface area contributed by atoms with Crippen molar-refractivity contribution >= 4 is 6.29 Å². The van der Waals surface area contributed by atoms with Gasteiger partial charge in [0.05, 0.1) is 0 Å². The van der Waals surface area contributed by atoms with Crippen molar-refractivity contribution in [1.29, 1.82) is 0 Å². The van der Waals surface area contributed by atoms with Crippen molar-refractivity contribution in [2.45, 2.75) is 0 Å². The molecule has 0 atom stereocenters. The largest absolute Gasteiger partial charge is 0.327 e. The lowest BCUT2D eigenvalue weighted by atomic mass is 10.5. The van der Waals surface area contributed by atoms with Crippen LogP contribution in [0.15, 0.2) is 12.2 Å². The highest BCUT2D eigenvalue weighted by Gasteiger charge is 1.58. The minimum atomic E-state index is 0.443. The third-order valence-corrected chi connectivity index (χ3v) is 0.351. The van der Waals surface area contributed by atoms with Gasteiger partial charge in [-0.05, 0) is 6.08 Å². The van der Waals surface area contributed by atoms with Gasteiger partial charge in [0, 0.05) is 6.54 Å². The van der Waals surface area contributed by atoms with Crippen LogP contribution in [0.2, 0.25) is 0 Å². The van der Waals surface area contributed by atoms with Crippen LogP contribution in [0.5, 0.6) is 0 Å². The predicted octanol–water partition coefficient (Wildman–Crippen LogP) is -0.300. The van der Waals surface area contributed by atoms with Crippen molar-refractivity contribution in [1.82, 2.24) is 0 Å². The van der Waals surface area contributed by atoms with Crippen molar-refractivity contribution in [2.75, 3.05) is 6.54 Å². The summed E-state index contributed by atoms with van der Waals surface area (Å²) in [7, 11) is 0. The van der Waals surface area contributed by atoms with Gasteiger partial charge in [-0.25, -0.2) is 0 Å². The highest BCUT2D eigenvalue weighted by molar-refractivity contribution is 5.64. The van der Waals surface area contributed by atoms with E-state index in [2.05, 4.69) is 0 Å². The SMILES string of the molecule is NC/C=C\C=O. The van der Waals surface area contributed by atoms with Crippen molar-refractivity contribution in [3.05, 3.63) is 12.2 Å². The second kappa shape index (κ2) is 4.37. The van der Waals surface area contributed by atoms with Gasteiger partial charge in [-0.15, -0.1) is 0 Å². The fraction of sp³-hybridized carbons (Fsp3) is 0.250. The Morgan fingerprint density at radius 1 is 1.67 bits per heavy atom. The average molecular weight is 85.1 g/mol. The maximum atomic E-state index is 9.42. The van der Waals surface area contributed by atoms with Crippen LogP contribution in [-0.2, 0) is 4.79 Å². The zero-order chi connectivity index (χ0) is 4.83. The van der Waals surface area contributed by atoms with Gasteiger partial charge in [-0.1, -0.05) is 6.08 Å². The molecule has 0 fully saturated rings. The number of carbonyl (C=O) groups excluding carboxylic acids is 1. The first kappa shape index (κ1) is 5.37. The van der Waals surface area contributed by atoms with Crippen molar-refractivity contribution in [2.24, 2.45) is 5.73 Å². The van der Waals surface area contributed by atoms with E-state index in [0.29, 0.717) is 12.8 Å². The standard InChI is InChI=1S/C4H7NO/c5-3-1-2-4-6/h1-2,4H,3,5H2/b2-1-. The summed E-state index contributed by atoms with van der Waals surface area (Å²) in [5.41, 5.74) is 4.97. The summed E-state index contributed by atoms with van der Waals surface area (Å²) in [4.78, 5) is 9.42. The van der Waals surface area contributed by atoms with E-state index in [-0.39, 0.29) is 0 Å². The molecule has 2 nitrogen and oxygen atoms in total. The Morgan fingerprint density at radius 2 is 2.33 bits per heavy atom. The molecular formula is C4H7NO. The number of hydrogen-bond acceptors (Lipinski definition) is 2. The maximum absolute atomic E-state index is 9.42. The van der Waals surface area contributed by atoms with E-state index in [9.17, 15) is 4.79 Å². The molecule has 0 spiro atoms. The third-order valence-electron chi connectivity index (χ3n) is 0.351. The molecule has 0 amide bonds. The first-order valence-corrected chi connectivity index (χ1v) is 1.72. The molecule has 0 bridgehead atoms. The number of carbonyl (C=O) groups is 1. The second-order valence-corrected chi connectivity index (χ2v) is 0.800. The Balaban J connectivity index is 2.94. The molecule has 0 unspecified atom stereocenters. The second-order valence-electron chi connectivity index (χ2n) is 0.800. The molecular weight excluding hydrogens is 78.0 g/mol. The van der Waals surface area contributed by atoms with Crippen LogP contribution in [0, 0.1) is 0 Å². The third kappa shape index (κ3) is 3.37. The van der Waals surface area contributed by atoms with Gasteiger partial charge in [0.2, 0.25) is 0 Å². The molecule has 0 saturated heterocycles. The lowest BCUT2D eigenvalue weighted by Crippen LogP contribution is -1.91. The minimum Gasteiger partial charge on any atom is -0.327 e. The van der Waals surface area contributed by atoms with Crippen LogP contribution < -0.4 is 5.73 Å². The molecule has 0 saturated carbocycles. The summed E-state index contributed by atoms with van der Waals surface area (Å²) in [5, 5.41) is 0. The molecule has 2 N–H and O–H groups in total. The topological polar surface area (TPSA) is 43.1 Å². The van der Waals surface area contributed by atoms with E-state index < -0.39 is 0 Å². The summed E-state index contributed by atoms with van der Waals surface area (Å²) in [6.45, 7) is 0.443. The molecule has 0 aliphatic heterocycles. The van der Waals surface area contributed by atoms with Crippen LogP contribution in [0.1, 0.15) is 0 Å². The van der Waals surface area contributed by atoms with Crippen LogP contribution in [0.3, 0.4) is 0 Å². The van der Waals surface area contributed by atoms with Gasteiger partial charge in [0.25, 0.3) is 0 Å². The predicted molar refractivity (Wildman–Crippen MR) is 24.3 cm³/mol. The average Bonchev–Trinajstić information content (AvgIpc) is 1.61. The fourth-order valence-corrected chi connectivity index (χ4v) is 0.134. The van der Waals surface area contributed by atoms with Crippen LogP contribution >= 0.6 is 0 Å². The molecule has 0 aliphatic carbocycles. The molecule has 0 heterocycles. The number of allylic oxidation sites excluding steroid dienone is 1. The van der Waals surface area contributed by atoms with Crippen LogP contribution in [0.4, 0.5) is 0 Å². The highest BCUT2D eigenvalue weighted by atomic mass is 16.1. The molecule has 2 heteroatoms. The van der Waals surface area contributed by atoms with Gasteiger partial charge in [-0.2, -0.15) is 0 Å². The molecule has 0 aliphatic rings. The minimum absolute atomic E-state index is 0.443. The van der Waals surface area contributed by atoms with Gasteiger partial charge < -0.3 is 5.73 Å². The number of hydrogen-bond donors (Lipinski definition) is 1. The molecule has 0 aromatic rings. The zero-order valence-corrected chi connectivity index (χ0v) is 3.42. The number of aldehydes is 1. The zero-order valence-electron chi connectivity index (χ0n) is 3.42. The van der Waals surface area contributed by atoms with E-state index in [4.69, 9.17) is 5.73 Å². The summed E-state index contributed by atoms with van der Waals surface area (Å²) in [6.07, 6.45) is 3.67. The van der Waals surface area contributed by atoms with Gasteiger partial charge in [-0.3, -0.25) is 4.79 Å². The van der Waals surface area contributed by atoms with Crippen molar-refractivity contribution in [3.8, 4) is 0 Å². The first-order chi connectivity index (χ1) is 2.91. The van der Waals surface area contributed by atoms with Crippen molar-refractivity contribution in [3.63, 3.8) is 0 Å². The molecule has 0 aromatic carbocycles. The maximum Gasteiger partial charge on any atom is 0.142 e. The normalized spacial score (nSPS) is 9.50. The molecule has 34 valence electrons. The highest BCUT2D eigenvalue weighted by Crippen LogP contribution is 1.56. The van der Waals surface area contributed by atoms with E-state index in [0.717, 1.165) is 0 Å². The van der Waals surface area contributed by atoms with E-state index in [1.54, 1.807) is 6.08 Å². The lowest BCUT2D eigenvalue weighted by molar-refractivity contribution is -0.104. The smallest absolute Gasteiger partial charge is 0.142 e. The van der Waals surface area contributed by atoms with Gasteiger partial charge in [0.15, 0.2) is 0 Å². The van der Waals surface area contributed by atoms with Gasteiger partial charge in [0.1, 0.15) is 6.29 Å². The molecule has 0 radical (unpaired) electrons. The quantitative estimate of drug-likeness (QED) is 0.369. The monoisotopic (exact) mass is 85.1 g/mol. The van der Waals surface area contributed by atoms with E-state index in [1.807, 2.05) is 0 Å². The molecule has 0 rings (SSSR count). The summed E-state index contributed by atoms with van der Waals surface area (Å²) >= 11 is 0. The Labute approximate surface area is 36.6 Å². The van der Waals surface area contributed by atoms with E-state index >= 15 is 0 Å². The molecule has 6 heavy (non-hydrogen) atoms. The van der Waals surface area contributed by atoms with Crippen molar-refractivity contribution < 1.29 is 4.79 Å². The number of nitrogens with two attached hydrogens (primary N) is 1. The lowest BCUT2D eigenvalue weighted by Gasteiger charge is -1.67. The first-order valence-electron chi connectivity index (χ1n) is 1.72. The Hall–Kier alpha value is -0.630. The fourth-order valence-electron chi connectivity index (χ4n) is 0.134. The van der Waals surface area contributed by atoms with Crippen LogP contribution in [-0.4, -0.2) is 12.8 Å². The Morgan fingerprint density at radius 3 is 2.50 bits per heavy atom. The van der Waals surface area contributed by atoms with Crippen LogP contribution in [0.25, 0.3) is 0 Å². The summed E-state index contributed by atoms with van der Waals surface area (Å²) < 4.78 is 0. The Kier molecular flexibility index (Phi) is 3.91. The van der Waals surface area contributed by atoms with E-state index in [1.165, 1.54) is 6.08 Å². The summed E-state index contributed by atoms with van der Waals surface area (Å²) in [6, 6.07) is 0. The molecule has 0 aromatic heterocycles.